The van der Waals surface area contributed by atoms with Crippen LogP contribution in [0.5, 0.6) is 0 Å². The van der Waals surface area contributed by atoms with E-state index in [4.69, 9.17) is 5.11 Å². The maximum absolute atomic E-state index is 11.2. The molecule has 0 amide bonds. The molecule has 92 valence electrons. The van der Waals surface area contributed by atoms with Crippen LogP contribution in [0.1, 0.15) is 18.9 Å². The molecule has 17 heavy (non-hydrogen) atoms. The second kappa shape index (κ2) is 6.81. The van der Waals surface area contributed by atoms with E-state index in [0.717, 1.165) is 12.0 Å². The number of ketones is 1. The predicted octanol–water partition coefficient (Wildman–Crippen LogP) is 1.25. The van der Waals surface area contributed by atoms with Crippen LogP contribution in [0.25, 0.3) is 0 Å². The topological polar surface area (TPSA) is 66.4 Å². The van der Waals surface area contributed by atoms with Gasteiger partial charge in [0.15, 0.2) is 0 Å². The number of carbonyl (C=O) groups is 2. The fourth-order valence-electron chi connectivity index (χ4n) is 1.57. The molecule has 0 aliphatic carbocycles. The second-order valence-electron chi connectivity index (χ2n) is 3.95. The summed E-state index contributed by atoms with van der Waals surface area (Å²) in [5.74, 6) is -1.10. The van der Waals surface area contributed by atoms with Gasteiger partial charge in [-0.05, 0) is 25.5 Å². The maximum Gasteiger partial charge on any atom is 0.305 e. The van der Waals surface area contributed by atoms with Crippen LogP contribution < -0.4 is 5.32 Å². The van der Waals surface area contributed by atoms with Gasteiger partial charge in [0.1, 0.15) is 5.78 Å². The summed E-state index contributed by atoms with van der Waals surface area (Å²) in [7, 11) is 0. The molecule has 0 bridgehead atoms. The van der Waals surface area contributed by atoms with Crippen molar-refractivity contribution in [2.75, 3.05) is 6.54 Å². The number of Topliss-reactive ketones (excluding diaryl/α,β-unsaturated/α-hetero) is 1. The first kappa shape index (κ1) is 13.4. The SMILES string of the molecule is CC(=O)C(CC(=O)O)NCCc1ccccc1. The Morgan fingerprint density at radius 2 is 1.94 bits per heavy atom. The van der Waals surface area contributed by atoms with E-state index < -0.39 is 12.0 Å². The zero-order valence-corrected chi connectivity index (χ0v) is 9.85. The Bertz CT molecular complexity index is 376. The molecule has 1 rings (SSSR count). The smallest absolute Gasteiger partial charge is 0.305 e. The lowest BCUT2D eigenvalue weighted by Gasteiger charge is -2.13. The third kappa shape index (κ3) is 5.26. The molecule has 0 spiro atoms. The van der Waals surface area contributed by atoms with Crippen molar-refractivity contribution in [2.24, 2.45) is 0 Å². The molecule has 0 aliphatic rings. The zero-order chi connectivity index (χ0) is 12.7. The average Bonchev–Trinajstić information content (AvgIpc) is 2.28. The van der Waals surface area contributed by atoms with Gasteiger partial charge in [-0.15, -0.1) is 0 Å². The molecule has 2 N–H and O–H groups in total. The number of rotatable bonds is 7. The summed E-state index contributed by atoms with van der Waals surface area (Å²) in [5, 5.41) is 11.6. The molecule has 1 aromatic carbocycles. The van der Waals surface area contributed by atoms with Gasteiger partial charge in [0.2, 0.25) is 0 Å². The molecular formula is C13H17NO3. The van der Waals surface area contributed by atoms with Crippen molar-refractivity contribution >= 4 is 11.8 Å². The van der Waals surface area contributed by atoms with Gasteiger partial charge in [-0.1, -0.05) is 30.3 Å². The Hall–Kier alpha value is -1.68. The Labute approximate surface area is 101 Å². The van der Waals surface area contributed by atoms with Gasteiger partial charge >= 0.3 is 5.97 Å². The minimum atomic E-state index is -0.961. The second-order valence-corrected chi connectivity index (χ2v) is 3.95. The summed E-state index contributed by atoms with van der Waals surface area (Å²) in [6.45, 7) is 2.00. The fourth-order valence-corrected chi connectivity index (χ4v) is 1.57. The lowest BCUT2D eigenvalue weighted by Crippen LogP contribution is -2.38. The standard InChI is InChI=1S/C13H17NO3/c1-10(15)12(9-13(16)17)14-8-7-11-5-3-2-4-6-11/h2-6,12,14H,7-9H2,1H3,(H,16,17). The number of carboxylic acids is 1. The first-order valence-corrected chi connectivity index (χ1v) is 5.59. The molecule has 1 aromatic rings. The molecule has 0 saturated heterocycles. The van der Waals surface area contributed by atoms with E-state index in [2.05, 4.69) is 5.32 Å². The van der Waals surface area contributed by atoms with Gasteiger partial charge in [-0.25, -0.2) is 0 Å². The van der Waals surface area contributed by atoms with Crippen LogP contribution >= 0.6 is 0 Å². The van der Waals surface area contributed by atoms with E-state index in [0.29, 0.717) is 6.54 Å². The molecule has 4 heteroatoms. The van der Waals surface area contributed by atoms with E-state index in [-0.39, 0.29) is 12.2 Å². The van der Waals surface area contributed by atoms with Crippen LogP contribution in [0.15, 0.2) is 30.3 Å². The summed E-state index contributed by atoms with van der Waals surface area (Å²) in [4.78, 5) is 21.8. The van der Waals surface area contributed by atoms with Crippen LogP contribution in [-0.4, -0.2) is 29.4 Å². The van der Waals surface area contributed by atoms with Crippen LogP contribution in [0.3, 0.4) is 0 Å². The van der Waals surface area contributed by atoms with Gasteiger partial charge in [0.25, 0.3) is 0 Å². The van der Waals surface area contributed by atoms with Crippen molar-refractivity contribution < 1.29 is 14.7 Å². The molecule has 1 unspecified atom stereocenters. The number of carboxylic acid groups (broad SMARTS) is 1. The lowest BCUT2D eigenvalue weighted by atomic mass is 10.1. The third-order valence-electron chi connectivity index (χ3n) is 2.52. The number of hydrogen-bond acceptors (Lipinski definition) is 3. The molecular weight excluding hydrogens is 218 g/mol. The normalized spacial score (nSPS) is 12.1. The summed E-state index contributed by atoms with van der Waals surface area (Å²) in [6, 6.07) is 9.27. The molecule has 0 saturated carbocycles. The minimum Gasteiger partial charge on any atom is -0.481 e. The summed E-state index contributed by atoms with van der Waals surface area (Å²) >= 11 is 0. The lowest BCUT2D eigenvalue weighted by molar-refractivity contribution is -0.139. The van der Waals surface area contributed by atoms with Gasteiger partial charge in [-0.2, -0.15) is 0 Å². The van der Waals surface area contributed by atoms with Crippen molar-refractivity contribution in [3.8, 4) is 0 Å². The Balaban J connectivity index is 2.37. The Morgan fingerprint density at radius 1 is 1.29 bits per heavy atom. The van der Waals surface area contributed by atoms with Crippen LogP contribution in [0.2, 0.25) is 0 Å². The maximum atomic E-state index is 11.2. The van der Waals surface area contributed by atoms with E-state index in [1.165, 1.54) is 6.92 Å². The van der Waals surface area contributed by atoms with E-state index >= 15 is 0 Å². The molecule has 4 nitrogen and oxygen atoms in total. The quantitative estimate of drug-likeness (QED) is 0.746. The zero-order valence-electron chi connectivity index (χ0n) is 9.85. The van der Waals surface area contributed by atoms with Gasteiger partial charge in [0.05, 0.1) is 12.5 Å². The minimum absolute atomic E-state index is 0.138. The van der Waals surface area contributed by atoms with Crippen molar-refractivity contribution in [3.05, 3.63) is 35.9 Å². The van der Waals surface area contributed by atoms with Crippen molar-refractivity contribution in [1.29, 1.82) is 0 Å². The molecule has 0 aliphatic heterocycles. The summed E-state index contributed by atoms with van der Waals surface area (Å²) < 4.78 is 0. The summed E-state index contributed by atoms with van der Waals surface area (Å²) in [6.07, 6.45) is 0.619. The van der Waals surface area contributed by atoms with Crippen LogP contribution in [0, 0.1) is 0 Å². The predicted molar refractivity (Wildman–Crippen MR) is 64.9 cm³/mol. The molecule has 0 aromatic heterocycles. The van der Waals surface area contributed by atoms with Gasteiger partial charge < -0.3 is 10.4 Å². The Kier molecular flexibility index (Phi) is 5.36. The number of aliphatic carboxylic acids is 1. The van der Waals surface area contributed by atoms with E-state index in [1.807, 2.05) is 30.3 Å². The molecule has 1 atom stereocenters. The average molecular weight is 235 g/mol. The molecule has 0 radical (unpaired) electrons. The number of hydrogen-bond donors (Lipinski definition) is 2. The highest BCUT2D eigenvalue weighted by atomic mass is 16.4. The van der Waals surface area contributed by atoms with Gasteiger partial charge in [-0.3, -0.25) is 9.59 Å². The fraction of sp³-hybridized carbons (Fsp3) is 0.385. The van der Waals surface area contributed by atoms with Crippen LogP contribution in [0.4, 0.5) is 0 Å². The number of benzene rings is 1. The first-order chi connectivity index (χ1) is 8.09. The van der Waals surface area contributed by atoms with Crippen molar-refractivity contribution in [3.63, 3.8) is 0 Å². The molecule has 0 heterocycles. The largest absolute Gasteiger partial charge is 0.481 e. The van der Waals surface area contributed by atoms with Crippen LogP contribution in [-0.2, 0) is 16.0 Å². The van der Waals surface area contributed by atoms with Gasteiger partial charge in [0, 0.05) is 0 Å². The highest BCUT2D eigenvalue weighted by molar-refractivity contribution is 5.85. The monoisotopic (exact) mass is 235 g/mol. The molecule has 0 fully saturated rings. The van der Waals surface area contributed by atoms with E-state index in [1.54, 1.807) is 0 Å². The van der Waals surface area contributed by atoms with Crippen molar-refractivity contribution in [2.45, 2.75) is 25.8 Å². The summed E-state index contributed by atoms with van der Waals surface area (Å²) in [5.41, 5.74) is 1.16. The number of carbonyl (C=O) groups excluding carboxylic acids is 1. The highest BCUT2D eigenvalue weighted by Gasteiger charge is 2.16. The third-order valence-corrected chi connectivity index (χ3v) is 2.52. The number of nitrogens with one attached hydrogen (secondary N) is 1. The van der Waals surface area contributed by atoms with Crippen molar-refractivity contribution in [1.82, 2.24) is 5.32 Å². The first-order valence-electron chi connectivity index (χ1n) is 5.59. The highest BCUT2D eigenvalue weighted by Crippen LogP contribution is 2.00. The Morgan fingerprint density at radius 3 is 2.47 bits per heavy atom. The van der Waals surface area contributed by atoms with E-state index in [9.17, 15) is 9.59 Å².